The second kappa shape index (κ2) is 4.11. The van der Waals surface area contributed by atoms with Gasteiger partial charge in [0.05, 0.1) is 5.69 Å². The van der Waals surface area contributed by atoms with Crippen molar-refractivity contribution in [1.82, 2.24) is 5.16 Å². The lowest BCUT2D eigenvalue weighted by Gasteiger charge is -2.10. The molecule has 0 bridgehead atoms. The Morgan fingerprint density at radius 1 is 1.65 bits per heavy atom. The molecule has 2 N–H and O–H groups in total. The summed E-state index contributed by atoms with van der Waals surface area (Å²) in [6.45, 7) is 1.93. The molecule has 1 saturated heterocycles. The third-order valence-corrected chi connectivity index (χ3v) is 3.97. The molecular formula is C9H13N3O4S. The van der Waals surface area contributed by atoms with Crippen LogP contribution in [-0.4, -0.2) is 31.3 Å². The van der Waals surface area contributed by atoms with E-state index in [0.717, 1.165) is 0 Å². The van der Waals surface area contributed by atoms with Gasteiger partial charge in [-0.1, -0.05) is 12.1 Å². The second-order valence-corrected chi connectivity index (χ2v) is 5.77. The summed E-state index contributed by atoms with van der Waals surface area (Å²) < 4.78 is 27.3. The van der Waals surface area contributed by atoms with Crippen molar-refractivity contribution in [2.45, 2.75) is 25.0 Å². The number of primary sulfonamides is 1. The Labute approximate surface area is 98.6 Å². The summed E-state index contributed by atoms with van der Waals surface area (Å²) >= 11 is 0. The van der Waals surface area contributed by atoms with Crippen molar-refractivity contribution >= 4 is 21.8 Å². The molecule has 1 aromatic rings. The van der Waals surface area contributed by atoms with Gasteiger partial charge in [-0.3, -0.25) is 9.69 Å². The number of hydrogen-bond acceptors (Lipinski definition) is 5. The zero-order chi connectivity index (χ0) is 12.6. The van der Waals surface area contributed by atoms with Crippen molar-refractivity contribution < 1.29 is 17.7 Å². The summed E-state index contributed by atoms with van der Waals surface area (Å²) in [6.07, 6.45) is 0.575. The van der Waals surface area contributed by atoms with E-state index < -0.39 is 15.3 Å². The quantitative estimate of drug-likeness (QED) is 0.797. The minimum Gasteiger partial charge on any atom is -0.338 e. The molecule has 1 amide bonds. The lowest BCUT2D eigenvalue weighted by molar-refractivity contribution is -0.117. The van der Waals surface area contributed by atoms with Crippen LogP contribution >= 0.6 is 0 Å². The van der Waals surface area contributed by atoms with Crippen LogP contribution in [0.5, 0.6) is 0 Å². The molecule has 7 nitrogen and oxygen atoms in total. The van der Waals surface area contributed by atoms with Crippen LogP contribution in [0.25, 0.3) is 0 Å². The minimum atomic E-state index is -3.70. The second-order valence-electron chi connectivity index (χ2n) is 3.93. The zero-order valence-electron chi connectivity index (χ0n) is 9.29. The number of carbonyl (C=O) groups is 1. The van der Waals surface area contributed by atoms with E-state index in [2.05, 4.69) is 5.16 Å². The van der Waals surface area contributed by atoms with Gasteiger partial charge < -0.3 is 4.52 Å². The maximum absolute atomic E-state index is 11.6. The summed E-state index contributed by atoms with van der Waals surface area (Å²) in [4.78, 5) is 12.9. The molecule has 17 heavy (non-hydrogen) atoms. The summed E-state index contributed by atoms with van der Waals surface area (Å²) in [5.41, 5.74) is 0.715. The number of nitrogens with zero attached hydrogens (tertiary/aromatic N) is 2. The third kappa shape index (κ3) is 2.32. The zero-order valence-corrected chi connectivity index (χ0v) is 10.1. The van der Waals surface area contributed by atoms with Gasteiger partial charge in [0.2, 0.25) is 21.8 Å². The maximum Gasteiger partial charge on any atom is 0.234 e. The molecule has 2 rings (SSSR count). The molecule has 8 heteroatoms. The van der Waals surface area contributed by atoms with E-state index in [1.54, 1.807) is 6.07 Å². The van der Waals surface area contributed by atoms with Crippen molar-refractivity contribution in [2.75, 3.05) is 11.4 Å². The number of hydrogen-bond donors (Lipinski definition) is 1. The van der Waals surface area contributed by atoms with Crippen LogP contribution in [-0.2, 0) is 21.2 Å². The number of nitrogens with two attached hydrogens (primary N) is 1. The predicted octanol–water partition coefficient (Wildman–Crippen LogP) is -0.369. The van der Waals surface area contributed by atoms with Gasteiger partial charge in [-0.25, -0.2) is 13.6 Å². The van der Waals surface area contributed by atoms with Crippen molar-refractivity contribution in [2.24, 2.45) is 5.14 Å². The van der Waals surface area contributed by atoms with Crippen LogP contribution < -0.4 is 10.0 Å². The Morgan fingerprint density at radius 2 is 2.35 bits per heavy atom. The molecule has 0 spiro atoms. The van der Waals surface area contributed by atoms with Crippen LogP contribution in [0.1, 0.15) is 19.0 Å². The van der Waals surface area contributed by atoms with Crippen molar-refractivity contribution in [3.8, 4) is 0 Å². The molecule has 1 fully saturated rings. The molecule has 0 aliphatic carbocycles. The van der Waals surface area contributed by atoms with Gasteiger partial charge in [0.25, 0.3) is 0 Å². The largest absolute Gasteiger partial charge is 0.338 e. The third-order valence-electron chi connectivity index (χ3n) is 2.73. The molecule has 1 aromatic heterocycles. The van der Waals surface area contributed by atoms with E-state index in [1.807, 2.05) is 6.92 Å². The molecule has 1 aliphatic heterocycles. The first kappa shape index (κ1) is 12.1. The maximum atomic E-state index is 11.6. The van der Waals surface area contributed by atoms with E-state index in [0.29, 0.717) is 12.1 Å². The van der Waals surface area contributed by atoms with Gasteiger partial charge in [0.15, 0.2) is 0 Å². The highest BCUT2D eigenvalue weighted by molar-refractivity contribution is 7.89. The number of anilines is 1. The van der Waals surface area contributed by atoms with E-state index in [4.69, 9.17) is 9.66 Å². The Morgan fingerprint density at radius 3 is 2.82 bits per heavy atom. The number of carbonyl (C=O) groups excluding carboxylic acids is 1. The minimum absolute atomic E-state index is 0.0238. The normalized spacial score (nSPS) is 21.2. The molecule has 0 aromatic carbocycles. The van der Waals surface area contributed by atoms with Crippen molar-refractivity contribution in [1.29, 1.82) is 0 Å². The summed E-state index contributed by atoms with van der Waals surface area (Å²) in [7, 11) is -3.70. The van der Waals surface area contributed by atoms with E-state index in [1.165, 1.54) is 4.90 Å². The number of aromatic nitrogens is 1. The van der Waals surface area contributed by atoms with E-state index in [9.17, 15) is 13.2 Å². The summed E-state index contributed by atoms with van der Waals surface area (Å²) in [5, 5.41) is 7.90. The SMILES string of the molecule is CCc1cc(N2CC(S(N)(=O)=O)CC2=O)on1. The fourth-order valence-corrected chi connectivity index (χ4v) is 2.43. The molecule has 1 aliphatic rings. The average Bonchev–Trinajstić information content (AvgIpc) is 2.82. The Kier molecular flexibility index (Phi) is 2.92. The van der Waals surface area contributed by atoms with Gasteiger partial charge in [0, 0.05) is 19.0 Å². The highest BCUT2D eigenvalue weighted by Crippen LogP contribution is 2.24. The van der Waals surface area contributed by atoms with Crippen molar-refractivity contribution in [3.63, 3.8) is 0 Å². The van der Waals surface area contributed by atoms with Crippen LogP contribution in [0.15, 0.2) is 10.6 Å². The summed E-state index contributed by atoms with van der Waals surface area (Å²) in [5.74, 6) is -0.0409. The number of rotatable bonds is 3. The summed E-state index contributed by atoms with van der Waals surface area (Å²) in [6, 6.07) is 1.63. The van der Waals surface area contributed by atoms with Gasteiger partial charge in [-0.15, -0.1) is 0 Å². The molecule has 0 radical (unpaired) electrons. The number of aryl methyl sites for hydroxylation is 1. The Hall–Kier alpha value is -1.41. The first-order valence-corrected chi connectivity index (χ1v) is 6.80. The molecule has 1 atom stereocenters. The first-order chi connectivity index (χ1) is 7.91. The lowest BCUT2D eigenvalue weighted by atomic mass is 10.3. The van der Waals surface area contributed by atoms with Gasteiger partial charge in [-0.2, -0.15) is 0 Å². The average molecular weight is 259 g/mol. The van der Waals surface area contributed by atoms with Crippen LogP contribution in [0.4, 0.5) is 5.88 Å². The number of amides is 1. The fraction of sp³-hybridized carbons (Fsp3) is 0.556. The van der Waals surface area contributed by atoms with E-state index in [-0.39, 0.29) is 24.8 Å². The molecule has 94 valence electrons. The smallest absolute Gasteiger partial charge is 0.234 e. The van der Waals surface area contributed by atoms with Crippen LogP contribution in [0.3, 0.4) is 0 Å². The topological polar surface area (TPSA) is 106 Å². The predicted molar refractivity (Wildman–Crippen MR) is 59.7 cm³/mol. The molecular weight excluding hydrogens is 246 g/mol. The Balaban J connectivity index is 2.21. The van der Waals surface area contributed by atoms with E-state index >= 15 is 0 Å². The fourth-order valence-electron chi connectivity index (χ4n) is 1.70. The molecule has 2 heterocycles. The molecule has 1 unspecified atom stereocenters. The first-order valence-electron chi connectivity index (χ1n) is 5.19. The van der Waals surface area contributed by atoms with Gasteiger partial charge >= 0.3 is 0 Å². The van der Waals surface area contributed by atoms with Crippen molar-refractivity contribution in [3.05, 3.63) is 11.8 Å². The molecule has 0 saturated carbocycles. The highest BCUT2D eigenvalue weighted by Gasteiger charge is 2.38. The lowest BCUT2D eigenvalue weighted by Crippen LogP contribution is -2.31. The monoisotopic (exact) mass is 259 g/mol. The van der Waals surface area contributed by atoms with Crippen LogP contribution in [0, 0.1) is 0 Å². The number of sulfonamides is 1. The van der Waals surface area contributed by atoms with Gasteiger partial charge in [0.1, 0.15) is 5.25 Å². The van der Waals surface area contributed by atoms with Gasteiger partial charge in [-0.05, 0) is 6.42 Å². The standard InChI is InChI=1S/C9H13N3O4S/c1-2-6-3-9(16-11-6)12-5-7(4-8(12)13)17(10,14)15/h3,7H,2,4-5H2,1H3,(H2,10,14,15). The highest BCUT2D eigenvalue weighted by atomic mass is 32.2. The van der Waals surface area contributed by atoms with Crippen LogP contribution in [0.2, 0.25) is 0 Å². The Bertz CT molecular complexity index is 536.